The Morgan fingerprint density at radius 1 is 1.35 bits per heavy atom. The zero-order chi connectivity index (χ0) is 19.1. The second-order valence-corrected chi connectivity index (χ2v) is 8.63. The summed E-state index contributed by atoms with van der Waals surface area (Å²) in [4.78, 5) is 13.3. The highest BCUT2D eigenvalue weighted by atomic mass is 16.6. The molecule has 1 N–H and O–H groups in total. The molecule has 2 heterocycles. The zero-order valence-electron chi connectivity index (χ0n) is 15.9. The van der Waals surface area contributed by atoms with Crippen LogP contribution in [0.4, 0.5) is 11.4 Å². The summed E-state index contributed by atoms with van der Waals surface area (Å²) < 4.78 is 11.5. The molecular formula is C18H27BN2O5. The number of hydrogen-bond acceptors (Lipinski definition) is 6. The third-order valence-electron chi connectivity index (χ3n) is 5.10. The average Bonchev–Trinajstić information content (AvgIpc) is 3.04. The molecular weight excluding hydrogens is 335 g/mol. The van der Waals surface area contributed by atoms with Crippen LogP contribution in [0.25, 0.3) is 0 Å². The highest BCUT2D eigenvalue weighted by Crippen LogP contribution is 2.36. The van der Waals surface area contributed by atoms with Crippen LogP contribution in [-0.2, 0) is 9.31 Å². The van der Waals surface area contributed by atoms with Crippen LogP contribution in [0.5, 0.6) is 0 Å². The second kappa shape index (κ2) is 6.83. The van der Waals surface area contributed by atoms with Crippen molar-refractivity contribution in [1.82, 2.24) is 0 Å². The first-order valence-corrected chi connectivity index (χ1v) is 9.09. The first-order chi connectivity index (χ1) is 12.1. The summed E-state index contributed by atoms with van der Waals surface area (Å²) in [7, 11) is -0.584. The number of nitrogens with zero attached hydrogens (tertiary/aromatic N) is 2. The van der Waals surface area contributed by atoms with Crippen LogP contribution >= 0.6 is 0 Å². The van der Waals surface area contributed by atoms with Crippen molar-refractivity contribution in [3.8, 4) is 0 Å². The molecule has 7 nitrogen and oxygen atoms in total. The number of hydrogen-bond donors (Lipinski definition) is 1. The van der Waals surface area contributed by atoms with Crippen molar-refractivity contribution in [3.05, 3.63) is 28.3 Å². The van der Waals surface area contributed by atoms with Gasteiger partial charge >= 0.3 is 7.12 Å². The molecule has 0 spiro atoms. The van der Waals surface area contributed by atoms with Crippen LogP contribution in [0.15, 0.2) is 18.2 Å². The number of benzene rings is 1. The van der Waals surface area contributed by atoms with Gasteiger partial charge < -0.3 is 19.3 Å². The average molecular weight is 362 g/mol. The number of nitro groups is 1. The first-order valence-electron chi connectivity index (χ1n) is 9.09. The van der Waals surface area contributed by atoms with Crippen molar-refractivity contribution >= 4 is 24.0 Å². The molecule has 1 aromatic carbocycles. The summed E-state index contributed by atoms with van der Waals surface area (Å²) >= 11 is 0. The van der Waals surface area contributed by atoms with Gasteiger partial charge in [0.15, 0.2) is 0 Å². The second-order valence-electron chi connectivity index (χ2n) is 8.63. The first kappa shape index (κ1) is 19.1. The lowest BCUT2D eigenvalue weighted by Gasteiger charge is -2.35. The lowest BCUT2D eigenvalue weighted by molar-refractivity contribution is -0.384. The molecule has 0 aromatic heterocycles. The molecule has 0 aliphatic carbocycles. The van der Waals surface area contributed by atoms with Crippen LogP contribution in [0.2, 0.25) is 0 Å². The van der Waals surface area contributed by atoms with Crippen LogP contribution in [-0.4, -0.2) is 48.5 Å². The van der Waals surface area contributed by atoms with E-state index in [0.717, 1.165) is 12.8 Å². The van der Waals surface area contributed by atoms with Crippen molar-refractivity contribution < 1.29 is 19.3 Å². The predicted molar refractivity (Wildman–Crippen MR) is 101 cm³/mol. The molecule has 2 fully saturated rings. The normalized spacial score (nSPS) is 23.3. The predicted octanol–water partition coefficient (Wildman–Crippen LogP) is 2.10. The standard InChI is InChI=1S/C18H27BN2O5/c1-17(2)11-25-19(26-12-17)13-7-8-14(15(10-13)21(23)24)20-9-5-6-16(20)18(3,4)22/h7-8,10,16,22H,5-6,9,11-12H2,1-4H3/t16-/m0/s1. The van der Waals surface area contributed by atoms with E-state index in [2.05, 4.69) is 13.8 Å². The molecule has 26 heavy (non-hydrogen) atoms. The summed E-state index contributed by atoms with van der Waals surface area (Å²) in [6, 6.07) is 4.97. The minimum atomic E-state index is -0.926. The Kier molecular flexibility index (Phi) is 5.03. The minimum Gasteiger partial charge on any atom is -0.407 e. The van der Waals surface area contributed by atoms with E-state index in [1.54, 1.807) is 19.9 Å². The van der Waals surface area contributed by atoms with E-state index in [1.807, 2.05) is 11.0 Å². The highest BCUT2D eigenvalue weighted by molar-refractivity contribution is 6.61. The lowest BCUT2D eigenvalue weighted by Crippen LogP contribution is -2.48. The maximum atomic E-state index is 11.7. The SMILES string of the molecule is CC1(C)COB(c2ccc(N3CCC[C@H]3C(C)(C)O)c([N+](=O)[O-])c2)OC1. The Hall–Kier alpha value is -1.64. The summed E-state index contributed by atoms with van der Waals surface area (Å²) in [5.41, 5.74) is 0.229. The van der Waals surface area contributed by atoms with Gasteiger partial charge in [0, 0.05) is 31.2 Å². The lowest BCUT2D eigenvalue weighted by atomic mass is 9.75. The van der Waals surface area contributed by atoms with E-state index in [1.165, 1.54) is 6.07 Å². The summed E-state index contributed by atoms with van der Waals surface area (Å²) in [5.74, 6) is 0. The fourth-order valence-electron chi connectivity index (χ4n) is 3.75. The molecule has 0 unspecified atom stereocenters. The fourth-order valence-corrected chi connectivity index (χ4v) is 3.75. The molecule has 0 saturated carbocycles. The monoisotopic (exact) mass is 362 g/mol. The van der Waals surface area contributed by atoms with E-state index in [-0.39, 0.29) is 22.1 Å². The van der Waals surface area contributed by atoms with Gasteiger partial charge in [-0.2, -0.15) is 0 Å². The Morgan fingerprint density at radius 3 is 2.58 bits per heavy atom. The number of anilines is 1. The van der Waals surface area contributed by atoms with Crippen LogP contribution in [0, 0.1) is 15.5 Å². The Labute approximate surface area is 154 Å². The van der Waals surface area contributed by atoms with Gasteiger partial charge in [0.2, 0.25) is 0 Å². The largest absolute Gasteiger partial charge is 0.494 e. The van der Waals surface area contributed by atoms with Gasteiger partial charge in [-0.05, 0) is 38.2 Å². The molecule has 2 aliphatic heterocycles. The van der Waals surface area contributed by atoms with E-state index in [0.29, 0.717) is 30.9 Å². The number of nitro benzene ring substituents is 1. The topological polar surface area (TPSA) is 85.1 Å². The van der Waals surface area contributed by atoms with E-state index >= 15 is 0 Å². The third-order valence-corrected chi connectivity index (χ3v) is 5.10. The molecule has 0 amide bonds. The maximum absolute atomic E-state index is 11.7. The van der Waals surface area contributed by atoms with Gasteiger partial charge in [-0.1, -0.05) is 19.9 Å². The smallest absolute Gasteiger partial charge is 0.407 e. The third kappa shape index (κ3) is 3.87. The summed E-state index contributed by atoms with van der Waals surface area (Å²) in [6.07, 6.45) is 1.71. The fraction of sp³-hybridized carbons (Fsp3) is 0.667. The highest BCUT2D eigenvalue weighted by Gasteiger charge is 2.39. The summed E-state index contributed by atoms with van der Waals surface area (Å²) in [6.45, 7) is 9.39. The molecule has 1 aromatic rings. The van der Waals surface area contributed by atoms with Crippen LogP contribution < -0.4 is 10.4 Å². The molecule has 142 valence electrons. The van der Waals surface area contributed by atoms with Crippen molar-refractivity contribution in [2.24, 2.45) is 5.41 Å². The van der Waals surface area contributed by atoms with Gasteiger partial charge in [-0.3, -0.25) is 10.1 Å². The molecule has 8 heteroatoms. The summed E-state index contributed by atoms with van der Waals surface area (Å²) in [5, 5.41) is 22.1. The van der Waals surface area contributed by atoms with Crippen molar-refractivity contribution in [2.75, 3.05) is 24.7 Å². The Morgan fingerprint density at radius 2 is 2.00 bits per heavy atom. The van der Waals surface area contributed by atoms with E-state index in [9.17, 15) is 15.2 Å². The number of aliphatic hydroxyl groups is 1. The zero-order valence-corrected chi connectivity index (χ0v) is 15.9. The molecule has 3 rings (SSSR count). The maximum Gasteiger partial charge on any atom is 0.494 e. The van der Waals surface area contributed by atoms with Gasteiger partial charge in [0.05, 0.1) is 16.6 Å². The molecule has 0 radical (unpaired) electrons. The van der Waals surface area contributed by atoms with Crippen molar-refractivity contribution in [1.29, 1.82) is 0 Å². The van der Waals surface area contributed by atoms with Gasteiger partial charge in [0.1, 0.15) is 5.69 Å². The van der Waals surface area contributed by atoms with Gasteiger partial charge in [0.25, 0.3) is 5.69 Å². The molecule has 2 aliphatic rings. The number of rotatable bonds is 4. The van der Waals surface area contributed by atoms with E-state index < -0.39 is 12.7 Å². The van der Waals surface area contributed by atoms with Crippen molar-refractivity contribution in [3.63, 3.8) is 0 Å². The quantitative estimate of drug-likeness (QED) is 0.502. The van der Waals surface area contributed by atoms with Crippen LogP contribution in [0.1, 0.15) is 40.5 Å². The molecule has 2 saturated heterocycles. The Bertz CT molecular complexity index is 679. The van der Waals surface area contributed by atoms with Crippen molar-refractivity contribution in [2.45, 2.75) is 52.2 Å². The Balaban J connectivity index is 1.90. The van der Waals surface area contributed by atoms with Crippen LogP contribution in [0.3, 0.4) is 0 Å². The minimum absolute atomic E-state index is 0.0238. The molecule has 0 bridgehead atoms. The van der Waals surface area contributed by atoms with E-state index in [4.69, 9.17) is 9.31 Å². The van der Waals surface area contributed by atoms with Gasteiger partial charge in [-0.25, -0.2) is 0 Å². The molecule has 1 atom stereocenters. The van der Waals surface area contributed by atoms with Gasteiger partial charge in [-0.15, -0.1) is 0 Å².